The van der Waals surface area contributed by atoms with Gasteiger partial charge in [-0.25, -0.2) is 8.78 Å². The van der Waals surface area contributed by atoms with Gasteiger partial charge in [-0.3, -0.25) is 19.5 Å². The molecule has 14 heteroatoms. The lowest BCUT2D eigenvalue weighted by atomic mass is 10.2. The minimum absolute atomic E-state index is 0.158. The summed E-state index contributed by atoms with van der Waals surface area (Å²) in [5, 5.41) is 20.2. The number of carbonyl (C=O) groups is 2. The molecular formula is C25H31F2N9O2S. The van der Waals surface area contributed by atoms with Gasteiger partial charge in [-0.05, 0) is 19.8 Å². The molecule has 6 aliphatic rings. The summed E-state index contributed by atoms with van der Waals surface area (Å²) in [4.78, 5) is 34.7. The van der Waals surface area contributed by atoms with Gasteiger partial charge < -0.3 is 36.8 Å². The second kappa shape index (κ2) is 9.63. The third-order valence-corrected chi connectivity index (χ3v) is 9.09. The van der Waals surface area contributed by atoms with Crippen molar-refractivity contribution in [2.24, 2.45) is 16.8 Å². The smallest absolute Gasteiger partial charge is 0.272 e. The normalized spacial score (nSPS) is 31.0. The molecule has 6 rings (SSSR count). The van der Waals surface area contributed by atoms with Crippen LogP contribution >= 0.6 is 11.8 Å². The van der Waals surface area contributed by atoms with E-state index < -0.39 is 23.3 Å². The summed E-state index contributed by atoms with van der Waals surface area (Å²) >= 11 is 1.50. The van der Waals surface area contributed by atoms with E-state index in [9.17, 15) is 18.4 Å². The SMILES string of the molecule is CC#CCNC(=O)C1=C(NC)NCN1C1(C(=O)NC2=CSC(C3=CNC(N4CC5C(C4)C5(F)F)N=C3)N2)CC1. The van der Waals surface area contributed by atoms with Gasteiger partial charge in [0.1, 0.15) is 28.3 Å². The lowest BCUT2D eigenvalue weighted by molar-refractivity contribution is -0.127. The number of nitrogens with one attached hydrogen (secondary N) is 6. The molecule has 2 amide bonds. The molecule has 208 valence electrons. The van der Waals surface area contributed by atoms with Crippen molar-refractivity contribution in [2.75, 3.05) is 33.4 Å². The van der Waals surface area contributed by atoms with Crippen molar-refractivity contribution in [2.45, 2.75) is 42.9 Å². The number of halogens is 2. The van der Waals surface area contributed by atoms with E-state index in [2.05, 4.69) is 48.7 Å². The van der Waals surface area contributed by atoms with Crippen LogP contribution in [0.25, 0.3) is 0 Å². The highest BCUT2D eigenvalue weighted by molar-refractivity contribution is 8.03. The van der Waals surface area contributed by atoms with E-state index in [0.717, 1.165) is 5.57 Å². The van der Waals surface area contributed by atoms with Gasteiger partial charge in [0, 0.05) is 55.4 Å². The first kappa shape index (κ1) is 25.8. The highest BCUT2D eigenvalue weighted by atomic mass is 32.2. The second-order valence-corrected chi connectivity index (χ2v) is 11.3. The maximum Gasteiger partial charge on any atom is 0.272 e. The lowest BCUT2D eigenvalue weighted by Gasteiger charge is -2.30. The molecular weight excluding hydrogens is 528 g/mol. The first-order chi connectivity index (χ1) is 18.8. The standard InChI is InChI=1S/C25H31F2N9O2S/c1-3-4-7-29-20(37)18-19(28-2)32-13-36(18)24(5-6-24)22(38)34-17-12-39-21(33-17)14-8-30-23(31-9-14)35-10-15-16(11-35)25(15,26)27/h8-9,12,15-16,21,23,28,30,32-33H,5-7,10-11,13H2,1-2H3,(H,29,37)(H,34,38). The Labute approximate surface area is 229 Å². The zero-order chi connectivity index (χ0) is 27.4. The molecule has 4 heterocycles. The summed E-state index contributed by atoms with van der Waals surface area (Å²) in [7, 11) is 1.72. The number of carbonyl (C=O) groups excluding carboxylic acids is 2. The number of fused-ring (bicyclic) bond motifs is 1. The molecule has 0 bridgehead atoms. The van der Waals surface area contributed by atoms with Gasteiger partial charge in [0.25, 0.3) is 17.7 Å². The molecule has 4 atom stereocenters. The average molecular weight is 560 g/mol. The molecule has 0 aromatic heterocycles. The van der Waals surface area contributed by atoms with Crippen LogP contribution in [0.15, 0.2) is 39.5 Å². The van der Waals surface area contributed by atoms with Gasteiger partial charge in [-0.15, -0.1) is 17.7 Å². The van der Waals surface area contributed by atoms with E-state index in [1.165, 1.54) is 11.8 Å². The number of amides is 2. The minimum Gasteiger partial charge on any atom is -0.373 e. The molecule has 0 aromatic rings. The highest BCUT2D eigenvalue weighted by Crippen LogP contribution is 2.59. The molecule has 4 aliphatic heterocycles. The Kier molecular flexibility index (Phi) is 6.38. The van der Waals surface area contributed by atoms with Gasteiger partial charge in [0.2, 0.25) is 0 Å². The Balaban J connectivity index is 1.03. The monoisotopic (exact) mass is 559 g/mol. The molecule has 4 unspecified atom stereocenters. The van der Waals surface area contributed by atoms with E-state index in [1.807, 2.05) is 21.4 Å². The second-order valence-electron chi connectivity index (χ2n) is 10.3. The van der Waals surface area contributed by atoms with Crippen molar-refractivity contribution >= 4 is 29.8 Å². The highest BCUT2D eigenvalue weighted by Gasteiger charge is 2.72. The van der Waals surface area contributed by atoms with Crippen LogP contribution in [0.2, 0.25) is 0 Å². The predicted molar refractivity (Wildman–Crippen MR) is 142 cm³/mol. The molecule has 1 saturated heterocycles. The van der Waals surface area contributed by atoms with Crippen LogP contribution in [-0.2, 0) is 9.59 Å². The third-order valence-electron chi connectivity index (χ3n) is 8.06. The summed E-state index contributed by atoms with van der Waals surface area (Å²) in [6, 6.07) is 0. The maximum atomic E-state index is 13.5. The first-order valence-electron chi connectivity index (χ1n) is 12.9. The summed E-state index contributed by atoms with van der Waals surface area (Å²) < 4.78 is 27.0. The van der Waals surface area contributed by atoms with Gasteiger partial charge in [-0.2, -0.15) is 0 Å². The van der Waals surface area contributed by atoms with E-state index in [-0.39, 0.29) is 30.0 Å². The van der Waals surface area contributed by atoms with Gasteiger partial charge in [0.15, 0.2) is 6.29 Å². The van der Waals surface area contributed by atoms with Crippen molar-refractivity contribution < 1.29 is 18.4 Å². The molecule has 0 spiro atoms. The van der Waals surface area contributed by atoms with Crippen LogP contribution in [0.5, 0.6) is 0 Å². The Morgan fingerprint density at radius 2 is 2.05 bits per heavy atom. The van der Waals surface area contributed by atoms with E-state index in [1.54, 1.807) is 20.2 Å². The van der Waals surface area contributed by atoms with E-state index >= 15 is 0 Å². The molecule has 0 radical (unpaired) electrons. The fourth-order valence-electron chi connectivity index (χ4n) is 5.60. The fourth-order valence-corrected chi connectivity index (χ4v) is 6.48. The van der Waals surface area contributed by atoms with Crippen LogP contribution < -0.4 is 31.9 Å². The van der Waals surface area contributed by atoms with Crippen LogP contribution in [0.1, 0.15) is 19.8 Å². The molecule has 0 aromatic carbocycles. The fraction of sp³-hybridized carbons (Fsp3) is 0.560. The topological polar surface area (TPSA) is 125 Å². The summed E-state index contributed by atoms with van der Waals surface area (Å²) in [6.07, 6.45) is 4.51. The van der Waals surface area contributed by atoms with Gasteiger partial charge in [-0.1, -0.05) is 5.92 Å². The number of likely N-dealkylation sites (tertiary alicyclic amines) is 1. The Morgan fingerprint density at radius 1 is 1.28 bits per heavy atom. The van der Waals surface area contributed by atoms with Crippen LogP contribution in [0.4, 0.5) is 8.78 Å². The van der Waals surface area contributed by atoms with Gasteiger partial charge in [0.05, 0.1) is 13.2 Å². The van der Waals surface area contributed by atoms with Crippen molar-refractivity contribution in [1.82, 2.24) is 41.7 Å². The number of hydrogen-bond donors (Lipinski definition) is 6. The number of alkyl halides is 2. The maximum absolute atomic E-state index is 13.5. The summed E-state index contributed by atoms with van der Waals surface area (Å²) in [6.45, 7) is 2.96. The first-order valence-corrected chi connectivity index (χ1v) is 13.9. The van der Waals surface area contributed by atoms with Crippen molar-refractivity contribution in [3.8, 4) is 11.8 Å². The quantitative estimate of drug-likeness (QED) is 0.219. The zero-order valence-corrected chi connectivity index (χ0v) is 22.4. The Morgan fingerprint density at radius 3 is 2.69 bits per heavy atom. The van der Waals surface area contributed by atoms with Crippen LogP contribution in [0, 0.1) is 23.7 Å². The number of nitrogens with zero attached hydrogens (tertiary/aromatic N) is 3. The molecule has 11 nitrogen and oxygen atoms in total. The van der Waals surface area contributed by atoms with Crippen LogP contribution in [-0.4, -0.2) is 84.3 Å². The number of hydrogen-bond acceptors (Lipinski definition) is 10. The minimum atomic E-state index is -2.51. The molecule has 3 fully saturated rings. The summed E-state index contributed by atoms with van der Waals surface area (Å²) in [5.41, 5.74) is 0.451. The Bertz CT molecular complexity index is 1250. The van der Waals surface area contributed by atoms with Crippen molar-refractivity contribution in [3.63, 3.8) is 0 Å². The molecule has 2 aliphatic carbocycles. The van der Waals surface area contributed by atoms with Crippen molar-refractivity contribution in [3.05, 3.63) is 34.5 Å². The van der Waals surface area contributed by atoms with E-state index in [4.69, 9.17) is 0 Å². The number of aliphatic imine (C=N–C) groups is 1. The third kappa shape index (κ3) is 4.47. The number of rotatable bonds is 8. The van der Waals surface area contributed by atoms with Crippen LogP contribution in [0.3, 0.4) is 0 Å². The zero-order valence-electron chi connectivity index (χ0n) is 21.6. The average Bonchev–Trinajstić information content (AvgIpc) is 3.48. The molecule has 2 saturated carbocycles. The largest absolute Gasteiger partial charge is 0.373 e. The number of thioether (sulfide) groups is 1. The predicted octanol–water partition coefficient (Wildman–Crippen LogP) is -0.474. The van der Waals surface area contributed by atoms with Crippen molar-refractivity contribution in [1.29, 1.82) is 0 Å². The number of piperidine rings is 1. The molecule has 39 heavy (non-hydrogen) atoms. The molecule has 6 N–H and O–H groups in total. The van der Waals surface area contributed by atoms with Gasteiger partial charge >= 0.3 is 0 Å². The lowest BCUT2D eigenvalue weighted by Crippen LogP contribution is -2.51. The Hall–Kier alpha value is -3.44. The van der Waals surface area contributed by atoms with E-state index in [0.29, 0.717) is 49.9 Å². The summed E-state index contributed by atoms with van der Waals surface area (Å²) in [5.74, 6) is 2.63.